The molecule has 0 saturated heterocycles. The highest BCUT2D eigenvalue weighted by atomic mass is 32.2. The van der Waals surface area contributed by atoms with Gasteiger partial charge in [0.25, 0.3) is 5.22 Å². The number of thioether (sulfide) groups is 1. The molecule has 28 heavy (non-hydrogen) atoms. The molecule has 136 valence electrons. The van der Waals surface area contributed by atoms with Gasteiger partial charge in [-0.05, 0) is 48.2 Å². The van der Waals surface area contributed by atoms with Gasteiger partial charge in [-0.2, -0.15) is 5.26 Å². The Morgan fingerprint density at radius 2 is 1.86 bits per heavy atom. The van der Waals surface area contributed by atoms with Crippen LogP contribution in [-0.4, -0.2) is 16.1 Å². The van der Waals surface area contributed by atoms with Crippen LogP contribution in [0.15, 0.2) is 79.6 Å². The second-order valence-electron chi connectivity index (χ2n) is 5.72. The lowest BCUT2D eigenvalue weighted by atomic mass is 10.1. The second kappa shape index (κ2) is 7.47. The predicted octanol–water partition coefficient (Wildman–Crippen LogP) is 5.18. The monoisotopic (exact) mass is 388 g/mol. The molecular weight excluding hydrogens is 376 g/mol. The molecule has 0 atom stereocenters. The molecule has 0 radical (unpaired) electrons. The maximum atomic E-state index is 11.7. The van der Waals surface area contributed by atoms with Crippen LogP contribution in [0.3, 0.4) is 0 Å². The van der Waals surface area contributed by atoms with Gasteiger partial charge in [0.1, 0.15) is 21.9 Å². The number of carboxylic acids is 1. The third-order valence-corrected chi connectivity index (χ3v) is 4.76. The molecule has 0 amide bonds. The van der Waals surface area contributed by atoms with Crippen LogP contribution in [-0.2, 0) is 4.79 Å². The van der Waals surface area contributed by atoms with Crippen LogP contribution in [0.5, 0.6) is 0 Å². The van der Waals surface area contributed by atoms with Gasteiger partial charge in [-0.25, -0.2) is 9.78 Å². The van der Waals surface area contributed by atoms with E-state index in [0.29, 0.717) is 33.7 Å². The summed E-state index contributed by atoms with van der Waals surface area (Å²) in [6.45, 7) is 0. The summed E-state index contributed by atoms with van der Waals surface area (Å²) >= 11 is 0.902. The minimum Gasteiger partial charge on any atom is -0.477 e. The number of hydrogen-bond donors (Lipinski definition) is 1. The molecule has 6 nitrogen and oxygen atoms in total. The SMILES string of the molecule is N#Cc1ccccc1-c1ccc(/C=C(\Sc2nc3ccccc3o2)C(=O)O)o1. The van der Waals surface area contributed by atoms with Gasteiger partial charge in [0.15, 0.2) is 5.58 Å². The van der Waals surface area contributed by atoms with E-state index in [1.807, 2.05) is 12.1 Å². The summed E-state index contributed by atoms with van der Waals surface area (Å²) in [7, 11) is 0. The van der Waals surface area contributed by atoms with Crippen molar-refractivity contribution in [1.29, 1.82) is 5.26 Å². The van der Waals surface area contributed by atoms with Crippen LogP contribution in [0.4, 0.5) is 0 Å². The number of aromatic nitrogens is 1. The lowest BCUT2D eigenvalue weighted by Crippen LogP contribution is -1.96. The minimum absolute atomic E-state index is 0.000949. The number of nitriles is 1. The molecular formula is C21H12N2O4S. The fourth-order valence-corrected chi connectivity index (χ4v) is 3.35. The Bertz CT molecular complexity index is 1210. The predicted molar refractivity (Wildman–Crippen MR) is 104 cm³/mol. The number of para-hydroxylation sites is 2. The average molecular weight is 388 g/mol. The zero-order valence-electron chi connectivity index (χ0n) is 14.3. The highest BCUT2D eigenvalue weighted by molar-refractivity contribution is 8.03. The van der Waals surface area contributed by atoms with Crippen molar-refractivity contribution in [1.82, 2.24) is 4.98 Å². The van der Waals surface area contributed by atoms with Gasteiger partial charge in [0, 0.05) is 11.6 Å². The number of nitrogens with zero attached hydrogens (tertiary/aromatic N) is 2. The number of benzene rings is 2. The van der Waals surface area contributed by atoms with Crippen LogP contribution in [0, 0.1) is 11.3 Å². The van der Waals surface area contributed by atoms with Crippen LogP contribution < -0.4 is 0 Å². The van der Waals surface area contributed by atoms with Gasteiger partial charge in [0.05, 0.1) is 11.6 Å². The van der Waals surface area contributed by atoms with E-state index in [-0.39, 0.29) is 10.1 Å². The van der Waals surface area contributed by atoms with Gasteiger partial charge >= 0.3 is 5.97 Å². The summed E-state index contributed by atoms with van der Waals surface area (Å²) in [5, 5.41) is 19.0. The highest BCUT2D eigenvalue weighted by Crippen LogP contribution is 2.32. The molecule has 4 aromatic rings. The first kappa shape index (κ1) is 17.6. The quantitative estimate of drug-likeness (QED) is 0.371. The van der Waals surface area contributed by atoms with Gasteiger partial charge in [-0.3, -0.25) is 0 Å². The summed E-state index contributed by atoms with van der Waals surface area (Å²) in [6, 6.07) is 19.7. The Hall–Kier alpha value is -3.76. The van der Waals surface area contributed by atoms with Crippen molar-refractivity contribution in [2.24, 2.45) is 0 Å². The first-order valence-electron chi connectivity index (χ1n) is 8.22. The highest BCUT2D eigenvalue weighted by Gasteiger charge is 2.16. The second-order valence-corrected chi connectivity index (χ2v) is 6.72. The maximum absolute atomic E-state index is 11.7. The smallest absolute Gasteiger partial charge is 0.342 e. The molecule has 2 heterocycles. The van der Waals surface area contributed by atoms with E-state index in [2.05, 4.69) is 11.1 Å². The van der Waals surface area contributed by atoms with E-state index in [4.69, 9.17) is 8.83 Å². The summed E-state index contributed by atoms with van der Waals surface area (Å²) in [5.41, 5.74) is 2.37. The first-order chi connectivity index (χ1) is 13.6. The molecule has 2 aromatic heterocycles. The number of oxazole rings is 1. The minimum atomic E-state index is -1.12. The van der Waals surface area contributed by atoms with Gasteiger partial charge < -0.3 is 13.9 Å². The van der Waals surface area contributed by atoms with Gasteiger partial charge in [-0.15, -0.1) is 0 Å². The molecule has 0 aliphatic heterocycles. The Balaban J connectivity index is 1.64. The average Bonchev–Trinajstić information content (AvgIpc) is 3.33. The molecule has 0 aliphatic carbocycles. The van der Waals surface area contributed by atoms with Crippen LogP contribution in [0.1, 0.15) is 11.3 Å². The first-order valence-corrected chi connectivity index (χ1v) is 9.03. The Morgan fingerprint density at radius 3 is 2.64 bits per heavy atom. The fraction of sp³-hybridized carbons (Fsp3) is 0. The zero-order valence-corrected chi connectivity index (χ0v) is 15.1. The zero-order chi connectivity index (χ0) is 19.5. The number of furan rings is 1. The number of carbonyl (C=O) groups is 1. The summed E-state index contributed by atoms with van der Waals surface area (Å²) in [5.74, 6) is -0.286. The fourth-order valence-electron chi connectivity index (χ4n) is 2.62. The van der Waals surface area contributed by atoms with E-state index in [9.17, 15) is 15.2 Å². The van der Waals surface area contributed by atoms with E-state index in [0.717, 1.165) is 11.8 Å². The summed E-state index contributed by atoms with van der Waals surface area (Å²) in [4.78, 5) is 15.9. The van der Waals surface area contributed by atoms with Crippen molar-refractivity contribution < 1.29 is 18.7 Å². The molecule has 0 bridgehead atoms. The number of carboxylic acid groups (broad SMARTS) is 1. The number of rotatable bonds is 5. The number of fused-ring (bicyclic) bond motifs is 1. The third kappa shape index (κ3) is 3.54. The van der Waals surface area contributed by atoms with Crippen molar-refractivity contribution in [2.45, 2.75) is 5.22 Å². The topological polar surface area (TPSA) is 100 Å². The van der Waals surface area contributed by atoms with Crippen molar-refractivity contribution in [3.05, 3.63) is 76.9 Å². The molecule has 0 spiro atoms. The molecule has 7 heteroatoms. The summed E-state index contributed by atoms with van der Waals surface area (Å²) < 4.78 is 11.3. The molecule has 0 aliphatic rings. The third-order valence-electron chi connectivity index (χ3n) is 3.90. The molecule has 1 N–H and O–H groups in total. The van der Waals surface area contributed by atoms with Crippen LogP contribution >= 0.6 is 11.8 Å². The molecule has 0 unspecified atom stereocenters. The van der Waals surface area contributed by atoms with E-state index < -0.39 is 5.97 Å². The standard InChI is InChI=1S/C21H12N2O4S/c22-12-13-5-1-2-6-15(13)17-10-9-14(26-17)11-19(20(24)25)28-21-23-16-7-3-4-8-18(16)27-21/h1-11H,(H,24,25)/b19-11-. The Labute approximate surface area is 163 Å². The van der Waals surface area contributed by atoms with Crippen LogP contribution in [0.2, 0.25) is 0 Å². The Morgan fingerprint density at radius 1 is 1.07 bits per heavy atom. The van der Waals surface area contributed by atoms with E-state index in [1.54, 1.807) is 48.5 Å². The lowest BCUT2D eigenvalue weighted by molar-refractivity contribution is -0.131. The maximum Gasteiger partial charge on any atom is 0.342 e. The number of hydrogen-bond acceptors (Lipinski definition) is 6. The van der Waals surface area contributed by atoms with Gasteiger partial charge in [-0.1, -0.05) is 24.3 Å². The normalized spacial score (nSPS) is 11.5. The van der Waals surface area contributed by atoms with Crippen molar-refractivity contribution in [3.8, 4) is 17.4 Å². The lowest BCUT2D eigenvalue weighted by Gasteiger charge is -2.00. The largest absolute Gasteiger partial charge is 0.477 e. The summed E-state index contributed by atoms with van der Waals surface area (Å²) in [6.07, 6.45) is 1.40. The van der Waals surface area contributed by atoms with Crippen LogP contribution in [0.25, 0.3) is 28.5 Å². The van der Waals surface area contributed by atoms with Gasteiger partial charge in [0.2, 0.25) is 0 Å². The Kier molecular flexibility index (Phi) is 4.70. The van der Waals surface area contributed by atoms with Crippen molar-refractivity contribution in [3.63, 3.8) is 0 Å². The van der Waals surface area contributed by atoms with Crippen molar-refractivity contribution >= 4 is 34.9 Å². The van der Waals surface area contributed by atoms with E-state index in [1.165, 1.54) is 6.08 Å². The molecule has 0 fully saturated rings. The number of aliphatic carboxylic acids is 1. The van der Waals surface area contributed by atoms with E-state index >= 15 is 0 Å². The molecule has 2 aromatic carbocycles. The molecule has 4 rings (SSSR count). The molecule has 0 saturated carbocycles. The van der Waals surface area contributed by atoms with Crippen molar-refractivity contribution in [2.75, 3.05) is 0 Å².